The number of hydrogen-bond acceptors (Lipinski definition) is 3. The summed E-state index contributed by atoms with van der Waals surface area (Å²) in [5, 5.41) is 2.94. The third-order valence-electron chi connectivity index (χ3n) is 2.23. The number of carbonyl (C=O) groups excluding carboxylic acids is 1. The molecule has 0 bridgehead atoms. The van der Waals surface area contributed by atoms with Gasteiger partial charge in [0, 0.05) is 0 Å². The van der Waals surface area contributed by atoms with Crippen molar-refractivity contribution in [1.29, 1.82) is 0 Å². The van der Waals surface area contributed by atoms with Gasteiger partial charge in [-0.1, -0.05) is 24.3 Å². The van der Waals surface area contributed by atoms with Gasteiger partial charge in [0.1, 0.15) is 6.04 Å². The van der Waals surface area contributed by atoms with Crippen molar-refractivity contribution in [1.82, 2.24) is 5.32 Å². The molecule has 0 spiro atoms. The third-order valence-corrected chi connectivity index (χ3v) is 2.23. The molecule has 1 aromatic rings. The monoisotopic (exact) mass is 193 g/mol. The number of likely N-dealkylation sites (N-methyl/N-ethyl adjacent to an activating group) is 1. The Hall–Kier alpha value is -1.35. The number of benzene rings is 1. The lowest BCUT2D eigenvalue weighted by Gasteiger charge is -2.15. The molecule has 0 aliphatic heterocycles. The highest BCUT2D eigenvalue weighted by atomic mass is 16.5. The van der Waals surface area contributed by atoms with Crippen LogP contribution in [0.5, 0.6) is 0 Å². The molecule has 0 amide bonds. The molecule has 0 aliphatic carbocycles. The van der Waals surface area contributed by atoms with Gasteiger partial charge in [0.15, 0.2) is 0 Å². The number of hydrogen-bond donors (Lipinski definition) is 1. The molecule has 3 nitrogen and oxygen atoms in total. The zero-order valence-corrected chi connectivity index (χ0v) is 8.70. The molecule has 76 valence electrons. The summed E-state index contributed by atoms with van der Waals surface area (Å²) in [4.78, 5) is 11.4. The van der Waals surface area contributed by atoms with E-state index in [0.717, 1.165) is 11.1 Å². The number of methoxy groups -OCH3 is 1. The molecule has 1 atom stereocenters. The summed E-state index contributed by atoms with van der Waals surface area (Å²) in [6, 6.07) is 7.38. The fourth-order valence-corrected chi connectivity index (χ4v) is 1.43. The van der Waals surface area contributed by atoms with E-state index in [1.54, 1.807) is 7.05 Å². The standard InChI is InChI=1S/C11H15NO2/c1-8-6-4-5-7-9(8)10(12-2)11(13)14-3/h4-7,10,12H,1-3H3. The number of ether oxygens (including phenoxy) is 1. The summed E-state index contributed by atoms with van der Waals surface area (Å²) < 4.78 is 4.71. The maximum atomic E-state index is 11.4. The Morgan fingerprint density at radius 2 is 2.07 bits per heavy atom. The second-order valence-electron chi connectivity index (χ2n) is 3.10. The zero-order valence-electron chi connectivity index (χ0n) is 8.70. The van der Waals surface area contributed by atoms with E-state index in [2.05, 4.69) is 5.32 Å². The number of rotatable bonds is 3. The van der Waals surface area contributed by atoms with Crippen LogP contribution in [0.15, 0.2) is 24.3 Å². The minimum atomic E-state index is -0.374. The maximum absolute atomic E-state index is 11.4. The van der Waals surface area contributed by atoms with Gasteiger partial charge in [0.05, 0.1) is 7.11 Å². The molecule has 0 aliphatic rings. The molecule has 1 aromatic carbocycles. The summed E-state index contributed by atoms with van der Waals surface area (Å²) in [6.45, 7) is 1.97. The topological polar surface area (TPSA) is 38.3 Å². The first kappa shape index (κ1) is 10.7. The SMILES string of the molecule is CNC(C(=O)OC)c1ccccc1C. The largest absolute Gasteiger partial charge is 0.468 e. The highest BCUT2D eigenvalue weighted by Crippen LogP contribution is 2.17. The average molecular weight is 193 g/mol. The Bertz CT molecular complexity index is 323. The molecule has 0 fully saturated rings. The molecule has 1 N–H and O–H groups in total. The van der Waals surface area contributed by atoms with Crippen molar-refractivity contribution in [2.75, 3.05) is 14.2 Å². The van der Waals surface area contributed by atoms with Gasteiger partial charge in [-0.05, 0) is 25.1 Å². The van der Waals surface area contributed by atoms with E-state index in [1.165, 1.54) is 7.11 Å². The smallest absolute Gasteiger partial charge is 0.327 e. The van der Waals surface area contributed by atoms with Crippen LogP contribution in [0.2, 0.25) is 0 Å². The Balaban J connectivity index is 3.01. The van der Waals surface area contributed by atoms with Gasteiger partial charge in [0.25, 0.3) is 0 Å². The number of esters is 1. The van der Waals surface area contributed by atoms with Crippen molar-refractivity contribution in [2.24, 2.45) is 0 Å². The first-order valence-corrected chi connectivity index (χ1v) is 4.51. The predicted octanol–water partition coefficient (Wildman–Crippen LogP) is 1.43. The Morgan fingerprint density at radius 3 is 2.57 bits per heavy atom. The summed E-state index contributed by atoms with van der Waals surface area (Å²) in [7, 11) is 3.14. The molecule has 3 heteroatoms. The summed E-state index contributed by atoms with van der Waals surface area (Å²) in [5.41, 5.74) is 2.04. The first-order valence-electron chi connectivity index (χ1n) is 4.51. The number of carbonyl (C=O) groups is 1. The molecular formula is C11H15NO2. The van der Waals surface area contributed by atoms with E-state index in [0.29, 0.717) is 0 Å². The molecule has 0 aromatic heterocycles. The van der Waals surface area contributed by atoms with E-state index in [1.807, 2.05) is 31.2 Å². The van der Waals surface area contributed by atoms with Crippen LogP contribution < -0.4 is 5.32 Å². The molecule has 0 radical (unpaired) electrons. The van der Waals surface area contributed by atoms with Crippen LogP contribution >= 0.6 is 0 Å². The second-order valence-corrected chi connectivity index (χ2v) is 3.10. The predicted molar refractivity (Wildman–Crippen MR) is 55.0 cm³/mol. The van der Waals surface area contributed by atoms with Gasteiger partial charge in [-0.3, -0.25) is 0 Å². The minimum absolute atomic E-state index is 0.262. The van der Waals surface area contributed by atoms with Crippen molar-refractivity contribution < 1.29 is 9.53 Å². The molecule has 0 saturated heterocycles. The molecule has 0 heterocycles. The van der Waals surface area contributed by atoms with Gasteiger partial charge in [-0.2, -0.15) is 0 Å². The zero-order chi connectivity index (χ0) is 10.6. The van der Waals surface area contributed by atoms with Crippen LogP contribution in [0.3, 0.4) is 0 Å². The van der Waals surface area contributed by atoms with Crippen LogP contribution in [-0.2, 0) is 9.53 Å². The normalized spacial score (nSPS) is 12.2. The average Bonchev–Trinajstić information content (AvgIpc) is 2.21. The van der Waals surface area contributed by atoms with Gasteiger partial charge in [-0.15, -0.1) is 0 Å². The van der Waals surface area contributed by atoms with E-state index < -0.39 is 0 Å². The fourth-order valence-electron chi connectivity index (χ4n) is 1.43. The maximum Gasteiger partial charge on any atom is 0.327 e. The van der Waals surface area contributed by atoms with E-state index >= 15 is 0 Å². The van der Waals surface area contributed by atoms with E-state index in [4.69, 9.17) is 4.74 Å². The van der Waals surface area contributed by atoms with Crippen molar-refractivity contribution in [3.05, 3.63) is 35.4 Å². The van der Waals surface area contributed by atoms with Gasteiger partial charge < -0.3 is 10.1 Å². The minimum Gasteiger partial charge on any atom is -0.468 e. The summed E-state index contributed by atoms with van der Waals surface area (Å²) in [5.74, 6) is -0.262. The number of aryl methyl sites for hydroxylation is 1. The lowest BCUT2D eigenvalue weighted by atomic mass is 10.0. The van der Waals surface area contributed by atoms with Crippen LogP contribution in [0.4, 0.5) is 0 Å². The lowest BCUT2D eigenvalue weighted by Crippen LogP contribution is -2.27. The van der Waals surface area contributed by atoms with Crippen molar-refractivity contribution >= 4 is 5.97 Å². The highest BCUT2D eigenvalue weighted by molar-refractivity contribution is 5.78. The van der Waals surface area contributed by atoms with Crippen LogP contribution in [0.25, 0.3) is 0 Å². The second kappa shape index (κ2) is 4.77. The van der Waals surface area contributed by atoms with Crippen LogP contribution in [0, 0.1) is 6.92 Å². The highest BCUT2D eigenvalue weighted by Gasteiger charge is 2.20. The van der Waals surface area contributed by atoms with Crippen LogP contribution in [0.1, 0.15) is 17.2 Å². The Kier molecular flexibility index (Phi) is 3.65. The Morgan fingerprint density at radius 1 is 1.43 bits per heavy atom. The Labute approximate surface area is 84.1 Å². The molecular weight excluding hydrogens is 178 g/mol. The quantitative estimate of drug-likeness (QED) is 0.738. The molecule has 1 unspecified atom stereocenters. The third kappa shape index (κ3) is 2.12. The van der Waals surface area contributed by atoms with Crippen molar-refractivity contribution in [3.63, 3.8) is 0 Å². The molecule has 14 heavy (non-hydrogen) atoms. The number of nitrogens with one attached hydrogen (secondary N) is 1. The molecule has 0 saturated carbocycles. The van der Waals surface area contributed by atoms with Gasteiger partial charge in [-0.25, -0.2) is 4.79 Å². The first-order chi connectivity index (χ1) is 6.70. The van der Waals surface area contributed by atoms with E-state index in [9.17, 15) is 4.79 Å². The lowest BCUT2D eigenvalue weighted by molar-refractivity contribution is -0.143. The molecule has 1 rings (SSSR count). The van der Waals surface area contributed by atoms with Gasteiger partial charge in [0.2, 0.25) is 0 Å². The van der Waals surface area contributed by atoms with Gasteiger partial charge >= 0.3 is 5.97 Å². The van der Waals surface area contributed by atoms with Crippen molar-refractivity contribution in [2.45, 2.75) is 13.0 Å². The van der Waals surface area contributed by atoms with Crippen molar-refractivity contribution in [3.8, 4) is 0 Å². The fraction of sp³-hybridized carbons (Fsp3) is 0.364. The summed E-state index contributed by atoms with van der Waals surface area (Å²) >= 11 is 0. The van der Waals surface area contributed by atoms with Crippen LogP contribution in [-0.4, -0.2) is 20.1 Å². The summed E-state index contributed by atoms with van der Waals surface area (Å²) in [6.07, 6.45) is 0. The van der Waals surface area contributed by atoms with E-state index in [-0.39, 0.29) is 12.0 Å².